The molecule has 0 aliphatic rings. The fourth-order valence-corrected chi connectivity index (χ4v) is 3.68. The quantitative estimate of drug-likeness (QED) is 0.819. The number of aromatic carboxylic acids is 1. The Morgan fingerprint density at radius 1 is 1.47 bits per heavy atom. The third-order valence-electron chi connectivity index (χ3n) is 2.66. The molecule has 1 unspecified atom stereocenters. The molecule has 108 valence electrons. The van der Waals surface area contributed by atoms with Crippen LogP contribution in [0.15, 0.2) is 11.4 Å². The van der Waals surface area contributed by atoms with Crippen LogP contribution in [0.25, 0.3) is 0 Å². The molecule has 0 aliphatic carbocycles. The van der Waals surface area contributed by atoms with Gasteiger partial charge in [0.15, 0.2) is 0 Å². The summed E-state index contributed by atoms with van der Waals surface area (Å²) >= 11 is 0.159. The van der Waals surface area contributed by atoms with Crippen LogP contribution in [-0.2, 0) is 11.4 Å². The number of carboxylic acids is 1. The first-order valence-corrected chi connectivity index (χ1v) is 8.16. The Balaban J connectivity index is 3.02. The molecule has 0 aliphatic heterocycles. The molecule has 0 spiro atoms. The van der Waals surface area contributed by atoms with Gasteiger partial charge in [-0.1, -0.05) is 13.8 Å². The first-order valence-electron chi connectivity index (χ1n) is 6.13. The average Bonchev–Trinajstić information content (AvgIpc) is 2.71. The molecule has 0 saturated heterocycles. The second-order valence-electron chi connectivity index (χ2n) is 5.72. The van der Waals surface area contributed by atoms with E-state index in [0.717, 1.165) is 4.88 Å². The van der Waals surface area contributed by atoms with E-state index in [1.165, 1.54) is 11.3 Å². The van der Waals surface area contributed by atoms with Crippen LogP contribution >= 0.6 is 11.3 Å². The van der Waals surface area contributed by atoms with Crippen molar-refractivity contribution in [3.63, 3.8) is 0 Å². The molecule has 0 amide bonds. The van der Waals surface area contributed by atoms with Crippen LogP contribution in [0.2, 0.25) is 0 Å². The van der Waals surface area contributed by atoms with Crippen molar-refractivity contribution in [3.8, 4) is 0 Å². The van der Waals surface area contributed by atoms with E-state index < -0.39 is 17.3 Å². The van der Waals surface area contributed by atoms with Gasteiger partial charge in [0.05, 0.1) is 11.6 Å². The summed E-state index contributed by atoms with van der Waals surface area (Å²) in [4.78, 5) is 11.9. The molecule has 0 saturated carbocycles. The van der Waals surface area contributed by atoms with Crippen molar-refractivity contribution in [1.29, 1.82) is 0 Å². The van der Waals surface area contributed by atoms with E-state index in [2.05, 4.69) is 4.72 Å². The standard InChI is InChI=1S/C13H21NO3S2/c1-8(2)10(14-19(17)13(3,4)5)11-9(12(15)16)6-7-18-11/h6-8,10,14H,1-5H3,(H,15,16)/t10?,19-/m1/s1. The van der Waals surface area contributed by atoms with Crippen LogP contribution in [-0.4, -0.2) is 20.4 Å². The summed E-state index contributed by atoms with van der Waals surface area (Å²) in [6.07, 6.45) is 0. The maximum atomic E-state index is 12.2. The molecule has 1 heterocycles. The van der Waals surface area contributed by atoms with Gasteiger partial charge in [0.2, 0.25) is 0 Å². The number of carboxylic acid groups (broad SMARTS) is 1. The minimum absolute atomic E-state index is 0.156. The first kappa shape index (κ1) is 16.5. The third-order valence-corrected chi connectivity index (χ3v) is 5.25. The lowest BCUT2D eigenvalue weighted by Gasteiger charge is -2.29. The SMILES string of the molecule is CC(C)C(N[S@+]([O-])C(C)(C)C)c1sccc1C(=O)O. The van der Waals surface area contributed by atoms with Crippen molar-refractivity contribution in [1.82, 2.24) is 4.72 Å². The number of hydrogen-bond donors (Lipinski definition) is 2. The summed E-state index contributed by atoms with van der Waals surface area (Å²) in [7, 11) is 0. The zero-order chi connectivity index (χ0) is 14.8. The summed E-state index contributed by atoms with van der Waals surface area (Å²) in [5.74, 6) is -0.784. The van der Waals surface area contributed by atoms with Crippen LogP contribution < -0.4 is 4.72 Å². The number of rotatable bonds is 5. The second kappa shape index (κ2) is 6.26. The molecule has 1 aromatic heterocycles. The van der Waals surface area contributed by atoms with E-state index in [1.54, 1.807) is 11.4 Å². The largest absolute Gasteiger partial charge is 0.598 e. The monoisotopic (exact) mass is 303 g/mol. The van der Waals surface area contributed by atoms with Crippen molar-refractivity contribution in [3.05, 3.63) is 21.9 Å². The van der Waals surface area contributed by atoms with Crippen LogP contribution in [0.3, 0.4) is 0 Å². The first-order chi connectivity index (χ1) is 8.64. The van der Waals surface area contributed by atoms with Crippen molar-refractivity contribution in [2.45, 2.75) is 45.4 Å². The van der Waals surface area contributed by atoms with Gasteiger partial charge in [-0.25, -0.2) is 4.79 Å². The topological polar surface area (TPSA) is 72.4 Å². The highest BCUT2D eigenvalue weighted by atomic mass is 32.2. The average molecular weight is 303 g/mol. The van der Waals surface area contributed by atoms with E-state index in [1.807, 2.05) is 34.6 Å². The van der Waals surface area contributed by atoms with Gasteiger partial charge in [0, 0.05) is 16.2 Å². The predicted octanol–water partition coefficient (Wildman–Crippen LogP) is 3.20. The molecule has 2 atom stereocenters. The van der Waals surface area contributed by atoms with E-state index >= 15 is 0 Å². The van der Waals surface area contributed by atoms with Crippen LogP contribution in [0.4, 0.5) is 0 Å². The van der Waals surface area contributed by atoms with E-state index in [4.69, 9.17) is 0 Å². The molecule has 0 bridgehead atoms. The highest BCUT2D eigenvalue weighted by molar-refractivity contribution is 7.90. The van der Waals surface area contributed by atoms with E-state index in [9.17, 15) is 14.5 Å². The zero-order valence-corrected chi connectivity index (χ0v) is 13.5. The molecule has 1 rings (SSSR count). The molecule has 0 aromatic carbocycles. The normalized spacial score (nSPS) is 15.5. The Morgan fingerprint density at radius 2 is 2.05 bits per heavy atom. The molecular weight excluding hydrogens is 282 g/mol. The van der Waals surface area contributed by atoms with Gasteiger partial charge in [0.1, 0.15) is 4.75 Å². The number of carbonyl (C=O) groups is 1. The fourth-order valence-electron chi connectivity index (χ4n) is 1.52. The Bertz CT molecular complexity index is 437. The highest BCUT2D eigenvalue weighted by Gasteiger charge is 2.33. The maximum Gasteiger partial charge on any atom is 0.336 e. The lowest BCUT2D eigenvalue weighted by molar-refractivity contribution is 0.0695. The van der Waals surface area contributed by atoms with Gasteiger partial charge in [-0.05, 0) is 38.1 Å². The van der Waals surface area contributed by atoms with Crippen molar-refractivity contribution >= 4 is 28.7 Å². The van der Waals surface area contributed by atoms with Crippen LogP contribution in [0, 0.1) is 5.92 Å². The van der Waals surface area contributed by atoms with Gasteiger partial charge < -0.3 is 9.66 Å². The van der Waals surface area contributed by atoms with Crippen molar-refractivity contribution < 1.29 is 14.5 Å². The molecule has 2 N–H and O–H groups in total. The van der Waals surface area contributed by atoms with Gasteiger partial charge in [0.25, 0.3) is 0 Å². The minimum Gasteiger partial charge on any atom is -0.598 e. The van der Waals surface area contributed by atoms with Crippen LogP contribution in [0.5, 0.6) is 0 Å². The Labute approximate surface area is 121 Å². The Kier molecular flexibility index (Phi) is 5.43. The fraction of sp³-hybridized carbons (Fsp3) is 0.615. The van der Waals surface area contributed by atoms with Gasteiger partial charge in [-0.2, -0.15) is 0 Å². The molecule has 4 nitrogen and oxygen atoms in total. The zero-order valence-electron chi connectivity index (χ0n) is 11.9. The minimum atomic E-state index is -1.23. The van der Waals surface area contributed by atoms with Gasteiger partial charge in [-0.15, -0.1) is 16.1 Å². The number of thiophene rings is 1. The second-order valence-corrected chi connectivity index (χ2v) is 8.67. The number of hydrogen-bond acceptors (Lipinski definition) is 4. The summed E-state index contributed by atoms with van der Waals surface area (Å²) < 4.78 is 14.9. The molecule has 0 fully saturated rings. The van der Waals surface area contributed by atoms with Crippen molar-refractivity contribution in [2.24, 2.45) is 5.92 Å². The molecule has 19 heavy (non-hydrogen) atoms. The Morgan fingerprint density at radius 3 is 2.47 bits per heavy atom. The van der Waals surface area contributed by atoms with Crippen LogP contribution in [0.1, 0.15) is 55.9 Å². The predicted molar refractivity (Wildman–Crippen MR) is 79.9 cm³/mol. The van der Waals surface area contributed by atoms with Crippen molar-refractivity contribution in [2.75, 3.05) is 0 Å². The van der Waals surface area contributed by atoms with Gasteiger partial charge in [-0.3, -0.25) is 0 Å². The summed E-state index contributed by atoms with van der Waals surface area (Å²) in [5.41, 5.74) is 0.294. The summed E-state index contributed by atoms with van der Waals surface area (Å²) in [6, 6.07) is 1.38. The number of nitrogens with one attached hydrogen (secondary N) is 1. The molecule has 1 aromatic rings. The third kappa shape index (κ3) is 4.21. The van der Waals surface area contributed by atoms with E-state index in [0.29, 0.717) is 5.56 Å². The molecule has 6 heteroatoms. The van der Waals surface area contributed by atoms with E-state index in [-0.39, 0.29) is 16.7 Å². The van der Waals surface area contributed by atoms with Gasteiger partial charge >= 0.3 is 5.97 Å². The highest BCUT2D eigenvalue weighted by Crippen LogP contribution is 2.32. The lowest BCUT2D eigenvalue weighted by atomic mass is 10.0. The molecular formula is C13H21NO3S2. The smallest absolute Gasteiger partial charge is 0.336 e. The molecule has 0 radical (unpaired) electrons. The maximum absolute atomic E-state index is 12.2. The lowest BCUT2D eigenvalue weighted by Crippen LogP contribution is -2.42. The summed E-state index contributed by atoms with van der Waals surface area (Å²) in [6.45, 7) is 9.64. The Hall–Kier alpha value is -0.560. The summed E-state index contributed by atoms with van der Waals surface area (Å²) in [5, 5.41) is 10.9.